The minimum absolute atomic E-state index is 0.106. The van der Waals surface area contributed by atoms with Crippen LogP contribution in [0.5, 0.6) is 0 Å². The van der Waals surface area contributed by atoms with E-state index in [1.807, 2.05) is 6.92 Å². The van der Waals surface area contributed by atoms with E-state index >= 15 is 0 Å². The van der Waals surface area contributed by atoms with Gasteiger partial charge >= 0.3 is 0 Å². The monoisotopic (exact) mass is 271 g/mol. The number of nitrogens with zero attached hydrogens (tertiary/aromatic N) is 1. The molecule has 0 saturated carbocycles. The highest BCUT2D eigenvalue weighted by Gasteiger charge is 2.11. The average molecular weight is 271 g/mol. The Kier molecular flexibility index (Phi) is 6.53. The molecule has 0 aromatic carbocycles. The molecule has 0 unspecified atom stereocenters. The van der Waals surface area contributed by atoms with Crippen molar-refractivity contribution in [1.29, 1.82) is 0 Å². The van der Waals surface area contributed by atoms with Crippen molar-refractivity contribution in [2.24, 2.45) is 5.92 Å². The lowest BCUT2D eigenvalue weighted by atomic mass is 10.1. The number of anilines is 2. The molecule has 0 radical (unpaired) electrons. The van der Waals surface area contributed by atoms with Gasteiger partial charge in [0.2, 0.25) is 0 Å². The van der Waals surface area contributed by atoms with E-state index in [-0.39, 0.29) is 11.6 Å². The molecule has 0 aliphatic heterocycles. The first-order valence-electron chi connectivity index (χ1n) is 6.88. The normalized spacial score (nSPS) is 10.8. The molecule has 108 valence electrons. The number of aromatic nitrogens is 1. The molecule has 5 heteroatoms. The first-order chi connectivity index (χ1) is 9.04. The third-order valence-electron chi connectivity index (χ3n) is 2.72. The van der Waals surface area contributed by atoms with Gasteiger partial charge in [0.15, 0.2) is 23.3 Å². The second-order valence-corrected chi connectivity index (χ2v) is 5.04. The van der Waals surface area contributed by atoms with E-state index in [1.54, 1.807) is 0 Å². The molecule has 0 aliphatic rings. The van der Waals surface area contributed by atoms with Crippen LogP contribution in [-0.2, 0) is 0 Å². The lowest BCUT2D eigenvalue weighted by Gasteiger charge is -2.11. The van der Waals surface area contributed by atoms with Gasteiger partial charge in [-0.1, -0.05) is 20.8 Å². The van der Waals surface area contributed by atoms with Crippen LogP contribution in [0.15, 0.2) is 6.07 Å². The largest absolute Gasteiger partial charge is 0.368 e. The molecule has 1 aromatic rings. The molecule has 0 saturated heterocycles. The molecule has 0 fully saturated rings. The van der Waals surface area contributed by atoms with E-state index in [0.29, 0.717) is 19.0 Å². The van der Waals surface area contributed by atoms with Gasteiger partial charge in [-0.15, -0.1) is 0 Å². The molecule has 0 spiro atoms. The molecule has 0 atom stereocenters. The van der Waals surface area contributed by atoms with Gasteiger partial charge in [-0.25, -0.2) is 13.8 Å². The van der Waals surface area contributed by atoms with Gasteiger partial charge in [0.05, 0.1) is 0 Å². The number of halogens is 2. The van der Waals surface area contributed by atoms with E-state index in [1.165, 1.54) is 0 Å². The lowest BCUT2D eigenvalue weighted by molar-refractivity contribution is 0.561. The summed E-state index contributed by atoms with van der Waals surface area (Å²) < 4.78 is 27.0. The second-order valence-electron chi connectivity index (χ2n) is 5.04. The molecule has 1 heterocycles. The fourth-order valence-electron chi connectivity index (χ4n) is 1.68. The Morgan fingerprint density at radius 3 is 2.21 bits per heavy atom. The lowest BCUT2D eigenvalue weighted by Crippen LogP contribution is -2.10. The van der Waals surface area contributed by atoms with E-state index in [9.17, 15) is 8.78 Å². The molecule has 2 N–H and O–H groups in total. The Morgan fingerprint density at radius 1 is 1.11 bits per heavy atom. The summed E-state index contributed by atoms with van der Waals surface area (Å²) in [5.74, 6) is -0.462. The van der Waals surface area contributed by atoms with Crippen LogP contribution in [0.4, 0.5) is 20.4 Å². The van der Waals surface area contributed by atoms with Gasteiger partial charge in [-0.05, 0) is 25.2 Å². The fraction of sp³-hybridized carbons (Fsp3) is 0.643. The zero-order valence-electron chi connectivity index (χ0n) is 11.9. The Balaban J connectivity index is 2.61. The van der Waals surface area contributed by atoms with Crippen molar-refractivity contribution in [3.05, 3.63) is 17.7 Å². The summed E-state index contributed by atoms with van der Waals surface area (Å²) in [6, 6.07) is 0.871. The summed E-state index contributed by atoms with van der Waals surface area (Å²) in [6.07, 6.45) is 2.86. The van der Waals surface area contributed by atoms with Crippen LogP contribution >= 0.6 is 0 Å². The minimum Gasteiger partial charge on any atom is -0.368 e. The van der Waals surface area contributed by atoms with Crippen molar-refractivity contribution in [2.75, 3.05) is 23.7 Å². The minimum atomic E-state index is -0.654. The van der Waals surface area contributed by atoms with Crippen LogP contribution in [0.3, 0.4) is 0 Å². The molecule has 1 rings (SSSR count). The first kappa shape index (κ1) is 15.7. The molecule has 0 amide bonds. The maximum Gasteiger partial charge on any atom is 0.168 e. The predicted molar refractivity (Wildman–Crippen MR) is 75.5 cm³/mol. The fourth-order valence-corrected chi connectivity index (χ4v) is 1.68. The number of rotatable bonds is 8. The highest BCUT2D eigenvalue weighted by atomic mass is 19.1. The predicted octanol–water partition coefficient (Wildman–Crippen LogP) is 4.03. The summed E-state index contributed by atoms with van der Waals surface area (Å²) in [5, 5.41) is 5.77. The third-order valence-corrected chi connectivity index (χ3v) is 2.72. The van der Waals surface area contributed by atoms with Crippen molar-refractivity contribution in [1.82, 2.24) is 4.98 Å². The molecule has 1 aromatic heterocycles. The number of pyridine rings is 1. The van der Waals surface area contributed by atoms with Gasteiger partial charge in [0, 0.05) is 19.2 Å². The molecule has 0 aliphatic carbocycles. The van der Waals surface area contributed by atoms with Crippen LogP contribution in [0.2, 0.25) is 0 Å². The van der Waals surface area contributed by atoms with E-state index in [4.69, 9.17) is 0 Å². The second kappa shape index (κ2) is 7.92. The van der Waals surface area contributed by atoms with Crippen LogP contribution in [0, 0.1) is 17.6 Å². The molecule has 19 heavy (non-hydrogen) atoms. The van der Waals surface area contributed by atoms with Gasteiger partial charge in [-0.2, -0.15) is 0 Å². The van der Waals surface area contributed by atoms with E-state index in [0.717, 1.165) is 25.3 Å². The van der Waals surface area contributed by atoms with Gasteiger partial charge in [0.1, 0.15) is 0 Å². The highest BCUT2D eigenvalue weighted by Crippen LogP contribution is 2.19. The van der Waals surface area contributed by atoms with Gasteiger partial charge in [0.25, 0.3) is 0 Å². The number of hydrogen-bond acceptors (Lipinski definition) is 3. The molecule has 3 nitrogen and oxygen atoms in total. The Bertz CT molecular complexity index is 395. The summed E-state index contributed by atoms with van der Waals surface area (Å²) in [6.45, 7) is 7.51. The van der Waals surface area contributed by atoms with Gasteiger partial charge < -0.3 is 10.6 Å². The summed E-state index contributed by atoms with van der Waals surface area (Å²) in [5.41, 5.74) is 0. The first-order valence-corrected chi connectivity index (χ1v) is 6.88. The highest BCUT2D eigenvalue weighted by molar-refractivity contribution is 5.47. The van der Waals surface area contributed by atoms with Crippen molar-refractivity contribution >= 4 is 11.6 Å². The zero-order valence-corrected chi connectivity index (χ0v) is 11.9. The smallest absolute Gasteiger partial charge is 0.168 e. The molecular weight excluding hydrogens is 248 g/mol. The van der Waals surface area contributed by atoms with Crippen molar-refractivity contribution < 1.29 is 8.78 Å². The van der Waals surface area contributed by atoms with Crippen LogP contribution < -0.4 is 10.6 Å². The molecular formula is C14H23F2N3. The van der Waals surface area contributed by atoms with Crippen LogP contribution in [0.25, 0.3) is 0 Å². The quantitative estimate of drug-likeness (QED) is 0.701. The Morgan fingerprint density at radius 2 is 1.68 bits per heavy atom. The van der Waals surface area contributed by atoms with Gasteiger partial charge in [-0.3, -0.25) is 0 Å². The summed E-state index contributed by atoms with van der Waals surface area (Å²) in [7, 11) is 0. The van der Waals surface area contributed by atoms with Crippen molar-refractivity contribution in [3.63, 3.8) is 0 Å². The topological polar surface area (TPSA) is 37.0 Å². The maximum absolute atomic E-state index is 13.5. The summed E-state index contributed by atoms with van der Waals surface area (Å²) >= 11 is 0. The number of nitrogens with one attached hydrogen (secondary N) is 2. The summed E-state index contributed by atoms with van der Waals surface area (Å²) in [4.78, 5) is 3.95. The average Bonchev–Trinajstić information content (AvgIpc) is 2.35. The van der Waals surface area contributed by atoms with Crippen LogP contribution in [-0.4, -0.2) is 18.1 Å². The van der Waals surface area contributed by atoms with Crippen molar-refractivity contribution in [2.45, 2.75) is 40.0 Å². The van der Waals surface area contributed by atoms with E-state index in [2.05, 4.69) is 29.5 Å². The standard InChI is InChI=1S/C14H23F2N3/c1-4-7-17-13-11(15)9-12(16)14(19-13)18-8-5-6-10(2)3/h9-10H,4-8H2,1-3H3,(H2,17,18,19). The Hall–Kier alpha value is -1.39. The van der Waals surface area contributed by atoms with Crippen molar-refractivity contribution in [3.8, 4) is 0 Å². The Labute approximate surface area is 113 Å². The third kappa shape index (κ3) is 5.41. The maximum atomic E-state index is 13.5. The van der Waals surface area contributed by atoms with E-state index < -0.39 is 11.6 Å². The van der Waals surface area contributed by atoms with Crippen LogP contribution in [0.1, 0.15) is 40.0 Å². The number of hydrogen-bond donors (Lipinski definition) is 2. The SMILES string of the molecule is CCCNc1nc(NCCCC(C)C)c(F)cc1F. The zero-order chi connectivity index (χ0) is 14.3. The molecule has 0 bridgehead atoms.